The Hall–Kier alpha value is -2.95. The summed E-state index contributed by atoms with van der Waals surface area (Å²) in [5, 5.41) is 13.8. The van der Waals surface area contributed by atoms with Gasteiger partial charge in [-0.15, -0.1) is 0 Å². The van der Waals surface area contributed by atoms with E-state index >= 15 is 0 Å². The van der Waals surface area contributed by atoms with E-state index in [4.69, 9.17) is 10.00 Å². The van der Waals surface area contributed by atoms with Gasteiger partial charge in [0.1, 0.15) is 24.0 Å². The number of aromatic nitrogens is 2. The molecule has 166 valence electrons. The Morgan fingerprint density at radius 2 is 2.00 bits per heavy atom. The lowest BCUT2D eigenvalue weighted by Gasteiger charge is -2.13. The number of benzene rings is 1. The van der Waals surface area contributed by atoms with Gasteiger partial charge in [-0.3, -0.25) is 0 Å². The Morgan fingerprint density at radius 1 is 1.26 bits per heavy atom. The first kappa shape index (κ1) is 22.7. The summed E-state index contributed by atoms with van der Waals surface area (Å²) >= 11 is 0. The molecule has 1 fully saturated rings. The first-order chi connectivity index (χ1) is 14.7. The van der Waals surface area contributed by atoms with Crippen LogP contribution in [0.5, 0.6) is 0 Å². The van der Waals surface area contributed by atoms with E-state index in [0.717, 1.165) is 19.0 Å². The standard InChI is InChI=1S/C18H19F3N6O3S/c19-18(20,21)11-24-16-12(8-22)9-23-17(27-16)26-13-3-5-15(6-4-13)31(28,29)25-10-14-2-1-7-30-14/h3-6,9,14,25H,1-2,7,10-11H2,(H2,23,24,26,27). The van der Waals surface area contributed by atoms with Gasteiger partial charge in [-0.1, -0.05) is 0 Å². The molecule has 2 aromatic rings. The highest BCUT2D eigenvalue weighted by molar-refractivity contribution is 7.89. The number of ether oxygens (including phenoxy) is 1. The fraction of sp³-hybridized carbons (Fsp3) is 0.389. The van der Waals surface area contributed by atoms with Gasteiger partial charge >= 0.3 is 6.18 Å². The molecule has 2 heterocycles. The SMILES string of the molecule is N#Cc1cnc(Nc2ccc(S(=O)(=O)NCC3CCCO3)cc2)nc1NCC(F)(F)F. The maximum atomic E-state index is 12.4. The summed E-state index contributed by atoms with van der Waals surface area (Å²) in [7, 11) is -3.72. The monoisotopic (exact) mass is 456 g/mol. The largest absolute Gasteiger partial charge is 0.405 e. The molecule has 31 heavy (non-hydrogen) atoms. The average molecular weight is 456 g/mol. The fourth-order valence-electron chi connectivity index (χ4n) is 2.78. The van der Waals surface area contributed by atoms with Crippen LogP contribution in [-0.2, 0) is 14.8 Å². The van der Waals surface area contributed by atoms with Crippen LogP contribution in [0.4, 0.5) is 30.6 Å². The number of nitrogens with one attached hydrogen (secondary N) is 3. The summed E-state index contributed by atoms with van der Waals surface area (Å²) < 4.78 is 70.0. The van der Waals surface area contributed by atoms with Crippen LogP contribution in [0.3, 0.4) is 0 Å². The van der Waals surface area contributed by atoms with Crippen LogP contribution in [0.2, 0.25) is 0 Å². The Morgan fingerprint density at radius 3 is 2.61 bits per heavy atom. The molecule has 1 aliphatic heterocycles. The number of sulfonamides is 1. The topological polar surface area (TPSA) is 129 Å². The van der Waals surface area contributed by atoms with E-state index < -0.39 is 22.7 Å². The molecule has 0 amide bonds. The number of hydrogen-bond donors (Lipinski definition) is 3. The van der Waals surface area contributed by atoms with Crippen molar-refractivity contribution < 1.29 is 26.3 Å². The minimum absolute atomic E-state index is 0.0457. The lowest BCUT2D eigenvalue weighted by atomic mass is 10.2. The molecule has 0 radical (unpaired) electrons. The van der Waals surface area contributed by atoms with E-state index in [0.29, 0.717) is 12.3 Å². The fourth-order valence-corrected chi connectivity index (χ4v) is 3.85. The number of nitriles is 1. The lowest BCUT2D eigenvalue weighted by molar-refractivity contribution is -0.115. The number of nitrogens with zero attached hydrogens (tertiary/aromatic N) is 3. The molecule has 0 saturated carbocycles. The number of alkyl halides is 3. The van der Waals surface area contributed by atoms with Gasteiger partial charge in [-0.2, -0.15) is 23.4 Å². The molecule has 1 aromatic carbocycles. The van der Waals surface area contributed by atoms with Gasteiger partial charge < -0.3 is 15.4 Å². The Labute approximate surface area is 176 Å². The molecule has 1 unspecified atom stereocenters. The van der Waals surface area contributed by atoms with Gasteiger partial charge in [0.05, 0.1) is 17.2 Å². The van der Waals surface area contributed by atoms with Crippen molar-refractivity contribution in [1.82, 2.24) is 14.7 Å². The van der Waals surface area contributed by atoms with Crippen LogP contribution in [0.1, 0.15) is 18.4 Å². The van der Waals surface area contributed by atoms with Crippen LogP contribution in [0.15, 0.2) is 35.4 Å². The highest BCUT2D eigenvalue weighted by Gasteiger charge is 2.27. The summed E-state index contributed by atoms with van der Waals surface area (Å²) in [6.45, 7) is -0.545. The zero-order chi connectivity index (χ0) is 22.5. The van der Waals surface area contributed by atoms with Crippen molar-refractivity contribution in [1.29, 1.82) is 5.26 Å². The minimum Gasteiger partial charge on any atom is -0.377 e. The Bertz CT molecular complexity index is 1050. The molecule has 13 heteroatoms. The van der Waals surface area contributed by atoms with Crippen LogP contribution in [0.25, 0.3) is 0 Å². The van der Waals surface area contributed by atoms with Crippen molar-refractivity contribution >= 4 is 27.5 Å². The van der Waals surface area contributed by atoms with Crippen molar-refractivity contribution in [3.63, 3.8) is 0 Å². The van der Waals surface area contributed by atoms with Crippen molar-refractivity contribution in [3.8, 4) is 6.07 Å². The predicted octanol–water partition coefficient (Wildman–Crippen LogP) is 2.52. The zero-order valence-corrected chi connectivity index (χ0v) is 16.9. The Kier molecular flexibility index (Phi) is 6.94. The smallest absolute Gasteiger partial charge is 0.377 e. The second-order valence-electron chi connectivity index (χ2n) is 6.67. The predicted molar refractivity (Wildman–Crippen MR) is 105 cm³/mol. The van der Waals surface area contributed by atoms with Crippen molar-refractivity contribution in [2.45, 2.75) is 30.0 Å². The number of anilines is 3. The molecule has 0 spiro atoms. The van der Waals surface area contributed by atoms with Crippen LogP contribution >= 0.6 is 0 Å². The van der Waals surface area contributed by atoms with E-state index in [1.165, 1.54) is 24.3 Å². The van der Waals surface area contributed by atoms with E-state index in [9.17, 15) is 21.6 Å². The maximum absolute atomic E-state index is 12.4. The summed E-state index contributed by atoms with van der Waals surface area (Å²) in [4.78, 5) is 7.82. The van der Waals surface area contributed by atoms with Crippen molar-refractivity contribution in [2.24, 2.45) is 0 Å². The first-order valence-electron chi connectivity index (χ1n) is 9.22. The second-order valence-corrected chi connectivity index (χ2v) is 8.44. The number of hydrogen-bond acceptors (Lipinski definition) is 8. The highest BCUT2D eigenvalue weighted by atomic mass is 32.2. The molecule has 1 atom stereocenters. The molecule has 1 aliphatic rings. The van der Waals surface area contributed by atoms with E-state index in [2.05, 4.69) is 25.3 Å². The van der Waals surface area contributed by atoms with Gasteiger partial charge in [0.2, 0.25) is 16.0 Å². The molecule has 1 saturated heterocycles. The molecule has 3 rings (SSSR count). The third-order valence-corrected chi connectivity index (χ3v) is 5.75. The van der Waals surface area contributed by atoms with Crippen molar-refractivity contribution in [2.75, 3.05) is 30.3 Å². The second kappa shape index (κ2) is 9.46. The van der Waals surface area contributed by atoms with Crippen LogP contribution in [-0.4, -0.2) is 50.4 Å². The van der Waals surface area contributed by atoms with E-state index in [1.807, 2.05) is 0 Å². The van der Waals surface area contributed by atoms with E-state index in [1.54, 1.807) is 6.07 Å². The molecule has 1 aromatic heterocycles. The van der Waals surface area contributed by atoms with Gasteiger partial charge in [0.15, 0.2) is 0 Å². The van der Waals surface area contributed by atoms with Gasteiger partial charge in [-0.25, -0.2) is 18.1 Å². The molecule has 3 N–H and O–H groups in total. The lowest BCUT2D eigenvalue weighted by Crippen LogP contribution is -2.31. The number of rotatable bonds is 8. The molecule has 0 aliphatic carbocycles. The van der Waals surface area contributed by atoms with Gasteiger partial charge in [0.25, 0.3) is 0 Å². The summed E-state index contributed by atoms with van der Waals surface area (Å²) in [5.41, 5.74) is 0.262. The average Bonchev–Trinajstić information content (AvgIpc) is 3.25. The van der Waals surface area contributed by atoms with Crippen LogP contribution < -0.4 is 15.4 Å². The van der Waals surface area contributed by atoms with E-state index in [-0.39, 0.29) is 34.9 Å². The quantitative estimate of drug-likeness (QED) is 0.553. The zero-order valence-electron chi connectivity index (χ0n) is 16.1. The first-order valence-corrected chi connectivity index (χ1v) is 10.7. The molecular formula is C18H19F3N6O3S. The Balaban J connectivity index is 1.67. The van der Waals surface area contributed by atoms with Gasteiger partial charge in [0, 0.05) is 18.8 Å². The number of halogens is 3. The molecule has 0 bridgehead atoms. The highest BCUT2D eigenvalue weighted by Crippen LogP contribution is 2.21. The summed E-state index contributed by atoms with van der Waals surface area (Å²) in [5.74, 6) is -0.328. The van der Waals surface area contributed by atoms with Gasteiger partial charge in [-0.05, 0) is 37.1 Å². The summed E-state index contributed by atoms with van der Waals surface area (Å²) in [6.07, 6.45) is -1.83. The molecular weight excluding hydrogens is 437 g/mol. The van der Waals surface area contributed by atoms with Crippen LogP contribution in [0, 0.1) is 11.3 Å². The normalized spacial score (nSPS) is 16.6. The third-order valence-electron chi connectivity index (χ3n) is 4.31. The molecule has 9 nitrogen and oxygen atoms in total. The maximum Gasteiger partial charge on any atom is 0.405 e. The summed E-state index contributed by atoms with van der Waals surface area (Å²) in [6, 6.07) is 7.38. The minimum atomic E-state index is -4.48. The van der Waals surface area contributed by atoms with Crippen molar-refractivity contribution in [3.05, 3.63) is 36.0 Å². The third kappa shape index (κ3) is 6.51.